The molecule has 0 aliphatic rings. The molecule has 2 aromatic rings. The number of carbonyl (C=O) groups is 1. The maximum absolute atomic E-state index is 11.6. The molecule has 6 heteroatoms. The molecule has 0 spiro atoms. The van der Waals surface area contributed by atoms with Crippen LogP contribution in [0, 0.1) is 0 Å². The third kappa shape index (κ3) is 4.01. The number of benzene rings is 1. The zero-order valence-electron chi connectivity index (χ0n) is 10.7. The second kappa shape index (κ2) is 6.98. The summed E-state index contributed by atoms with van der Waals surface area (Å²) in [5.74, 6) is 0.531. The normalized spacial score (nSPS) is 10.3. The number of amides is 1. The second-order valence-electron chi connectivity index (χ2n) is 4.12. The van der Waals surface area contributed by atoms with E-state index in [2.05, 4.69) is 10.6 Å². The van der Waals surface area contributed by atoms with Crippen molar-refractivity contribution in [3.8, 4) is 0 Å². The quantitative estimate of drug-likeness (QED) is 0.764. The van der Waals surface area contributed by atoms with E-state index in [1.54, 1.807) is 36.4 Å². The number of hydrogen-bond donors (Lipinski definition) is 3. The average molecular weight is 295 g/mol. The molecule has 0 radical (unpaired) electrons. The van der Waals surface area contributed by atoms with E-state index in [0.29, 0.717) is 17.3 Å². The molecule has 1 aromatic heterocycles. The van der Waals surface area contributed by atoms with E-state index >= 15 is 0 Å². The van der Waals surface area contributed by atoms with Gasteiger partial charge in [0.1, 0.15) is 5.76 Å². The first kappa shape index (κ1) is 14.4. The molecular formula is C14H15ClN2O3. The second-order valence-corrected chi connectivity index (χ2v) is 4.49. The van der Waals surface area contributed by atoms with Crippen LogP contribution in [0.4, 0.5) is 5.69 Å². The van der Waals surface area contributed by atoms with E-state index in [1.807, 2.05) is 0 Å². The van der Waals surface area contributed by atoms with Gasteiger partial charge < -0.3 is 20.2 Å². The lowest BCUT2D eigenvalue weighted by Gasteiger charge is -2.06. The van der Waals surface area contributed by atoms with Gasteiger partial charge in [-0.1, -0.05) is 0 Å². The molecular weight excluding hydrogens is 280 g/mol. The molecule has 1 aromatic carbocycles. The molecule has 0 bridgehead atoms. The number of carbonyl (C=O) groups excluding carboxylic acids is 1. The van der Waals surface area contributed by atoms with Crippen LogP contribution in [0.3, 0.4) is 0 Å². The van der Waals surface area contributed by atoms with Gasteiger partial charge in [-0.15, -0.1) is 0 Å². The van der Waals surface area contributed by atoms with Gasteiger partial charge in [0.2, 0.25) is 0 Å². The van der Waals surface area contributed by atoms with Crippen molar-refractivity contribution in [2.45, 2.75) is 6.54 Å². The van der Waals surface area contributed by atoms with Crippen LogP contribution in [-0.4, -0.2) is 24.2 Å². The van der Waals surface area contributed by atoms with E-state index in [0.717, 1.165) is 11.4 Å². The van der Waals surface area contributed by atoms with Crippen molar-refractivity contribution in [2.24, 2.45) is 0 Å². The molecule has 2 rings (SSSR count). The number of aliphatic hydroxyl groups excluding tert-OH is 1. The van der Waals surface area contributed by atoms with Gasteiger partial charge >= 0.3 is 0 Å². The summed E-state index contributed by atoms with van der Waals surface area (Å²) in [4.78, 5) is 11.6. The Kier molecular flexibility index (Phi) is 5.03. The summed E-state index contributed by atoms with van der Waals surface area (Å²) in [6, 6.07) is 10.5. The van der Waals surface area contributed by atoms with Crippen molar-refractivity contribution < 1.29 is 14.3 Å². The van der Waals surface area contributed by atoms with Crippen molar-refractivity contribution >= 4 is 23.2 Å². The number of furan rings is 1. The fourth-order valence-electron chi connectivity index (χ4n) is 1.65. The maximum Gasteiger partial charge on any atom is 0.251 e. The molecule has 0 atom stereocenters. The Labute approximate surface area is 121 Å². The molecule has 0 saturated carbocycles. The third-order valence-corrected chi connectivity index (χ3v) is 2.84. The minimum absolute atomic E-state index is 0.0723. The van der Waals surface area contributed by atoms with Crippen LogP contribution >= 0.6 is 11.6 Å². The van der Waals surface area contributed by atoms with Gasteiger partial charge in [0.15, 0.2) is 5.22 Å². The lowest BCUT2D eigenvalue weighted by molar-refractivity contribution is 0.0945. The SMILES string of the molecule is O=C(NCCO)c1ccc(NCc2ccc(Cl)o2)cc1. The zero-order valence-corrected chi connectivity index (χ0v) is 11.5. The number of rotatable bonds is 6. The first-order valence-electron chi connectivity index (χ1n) is 6.16. The fourth-order valence-corrected chi connectivity index (χ4v) is 1.81. The van der Waals surface area contributed by atoms with Gasteiger partial charge in [-0.3, -0.25) is 4.79 Å². The van der Waals surface area contributed by atoms with Crippen LogP contribution in [0.2, 0.25) is 5.22 Å². The molecule has 1 heterocycles. The Hall–Kier alpha value is -1.98. The molecule has 20 heavy (non-hydrogen) atoms. The van der Waals surface area contributed by atoms with Gasteiger partial charge in [0, 0.05) is 17.8 Å². The van der Waals surface area contributed by atoms with E-state index in [1.165, 1.54) is 0 Å². The minimum atomic E-state index is -0.205. The maximum atomic E-state index is 11.6. The van der Waals surface area contributed by atoms with Crippen molar-refractivity contribution in [1.82, 2.24) is 5.32 Å². The standard InChI is InChI=1S/C14H15ClN2O3/c15-13-6-5-12(20-13)9-17-11-3-1-10(2-4-11)14(19)16-7-8-18/h1-6,17-18H,7-9H2,(H,16,19). The van der Waals surface area contributed by atoms with Crippen LogP contribution in [0.25, 0.3) is 0 Å². The lowest BCUT2D eigenvalue weighted by atomic mass is 10.2. The van der Waals surface area contributed by atoms with Gasteiger partial charge in [-0.25, -0.2) is 0 Å². The van der Waals surface area contributed by atoms with Crippen molar-refractivity contribution in [2.75, 3.05) is 18.5 Å². The van der Waals surface area contributed by atoms with Crippen LogP contribution < -0.4 is 10.6 Å². The fraction of sp³-hybridized carbons (Fsp3) is 0.214. The third-order valence-electron chi connectivity index (χ3n) is 2.64. The molecule has 0 aliphatic carbocycles. The predicted octanol–water partition coefficient (Wildman–Crippen LogP) is 2.27. The summed E-state index contributed by atoms with van der Waals surface area (Å²) in [5.41, 5.74) is 1.42. The van der Waals surface area contributed by atoms with E-state index in [-0.39, 0.29) is 19.1 Å². The molecule has 5 nitrogen and oxygen atoms in total. The first-order chi connectivity index (χ1) is 9.69. The van der Waals surface area contributed by atoms with Gasteiger partial charge in [0.05, 0.1) is 13.2 Å². The predicted molar refractivity (Wildman–Crippen MR) is 76.9 cm³/mol. The summed E-state index contributed by atoms with van der Waals surface area (Å²) in [7, 11) is 0. The van der Waals surface area contributed by atoms with E-state index < -0.39 is 0 Å². The number of nitrogens with one attached hydrogen (secondary N) is 2. The highest BCUT2D eigenvalue weighted by Crippen LogP contribution is 2.15. The summed E-state index contributed by atoms with van der Waals surface area (Å²) in [6.07, 6.45) is 0. The topological polar surface area (TPSA) is 74.5 Å². The van der Waals surface area contributed by atoms with Gasteiger partial charge in [0.25, 0.3) is 5.91 Å². The highest BCUT2D eigenvalue weighted by Gasteiger charge is 2.04. The minimum Gasteiger partial charge on any atom is -0.448 e. The Bertz CT molecular complexity index is 566. The molecule has 0 fully saturated rings. The van der Waals surface area contributed by atoms with Crippen molar-refractivity contribution in [3.05, 3.63) is 52.9 Å². The summed E-state index contributed by atoms with van der Waals surface area (Å²) in [6.45, 7) is 0.692. The van der Waals surface area contributed by atoms with Crippen molar-refractivity contribution in [1.29, 1.82) is 0 Å². The summed E-state index contributed by atoms with van der Waals surface area (Å²) < 4.78 is 5.23. The molecule has 106 valence electrons. The highest BCUT2D eigenvalue weighted by molar-refractivity contribution is 6.28. The van der Waals surface area contributed by atoms with Crippen LogP contribution in [0.1, 0.15) is 16.1 Å². The Morgan fingerprint density at radius 2 is 1.95 bits per heavy atom. The molecule has 0 aliphatic heterocycles. The molecule has 3 N–H and O–H groups in total. The van der Waals surface area contributed by atoms with Crippen LogP contribution in [0.15, 0.2) is 40.8 Å². The first-order valence-corrected chi connectivity index (χ1v) is 6.54. The number of halogens is 1. The Morgan fingerprint density at radius 1 is 1.20 bits per heavy atom. The number of aliphatic hydroxyl groups is 1. The largest absolute Gasteiger partial charge is 0.448 e. The van der Waals surface area contributed by atoms with Crippen molar-refractivity contribution in [3.63, 3.8) is 0 Å². The number of anilines is 1. The molecule has 0 saturated heterocycles. The monoisotopic (exact) mass is 294 g/mol. The smallest absolute Gasteiger partial charge is 0.251 e. The highest BCUT2D eigenvalue weighted by atomic mass is 35.5. The van der Waals surface area contributed by atoms with E-state index in [9.17, 15) is 4.79 Å². The summed E-state index contributed by atoms with van der Waals surface area (Å²) >= 11 is 5.68. The van der Waals surface area contributed by atoms with Crippen LogP contribution in [0.5, 0.6) is 0 Å². The summed E-state index contributed by atoms with van der Waals surface area (Å²) in [5, 5.41) is 14.8. The molecule has 1 amide bonds. The Balaban J connectivity index is 1.89. The zero-order chi connectivity index (χ0) is 14.4. The van der Waals surface area contributed by atoms with Gasteiger partial charge in [-0.2, -0.15) is 0 Å². The average Bonchev–Trinajstić information content (AvgIpc) is 2.89. The van der Waals surface area contributed by atoms with E-state index in [4.69, 9.17) is 21.1 Å². The van der Waals surface area contributed by atoms with Gasteiger partial charge in [-0.05, 0) is 48.0 Å². The van der Waals surface area contributed by atoms with Crippen LogP contribution in [-0.2, 0) is 6.54 Å². The lowest BCUT2D eigenvalue weighted by Crippen LogP contribution is -2.26. The molecule has 0 unspecified atom stereocenters. The number of hydrogen-bond acceptors (Lipinski definition) is 4. The Morgan fingerprint density at radius 3 is 2.55 bits per heavy atom.